The molecular weight excluding hydrogens is 330 g/mol. The molecule has 1 aliphatic heterocycles. The van der Waals surface area contributed by atoms with Crippen LogP contribution in [0.4, 0.5) is 0 Å². The van der Waals surface area contributed by atoms with Gasteiger partial charge in [-0.1, -0.05) is 20.8 Å². The quantitative estimate of drug-likeness (QED) is 0.840. The zero-order valence-corrected chi connectivity index (χ0v) is 16.1. The number of aromatic nitrogens is 3. The van der Waals surface area contributed by atoms with Crippen LogP contribution in [0.1, 0.15) is 62.6 Å². The summed E-state index contributed by atoms with van der Waals surface area (Å²) in [5.74, 6) is 0.732. The van der Waals surface area contributed by atoms with E-state index < -0.39 is 0 Å². The number of carbonyl (C=O) groups excluding carboxylic acids is 2. The lowest BCUT2D eigenvalue weighted by molar-refractivity contribution is -0.134. The molecule has 1 saturated heterocycles. The molecule has 2 amide bonds. The van der Waals surface area contributed by atoms with Crippen LogP contribution in [-0.2, 0) is 4.79 Å². The second-order valence-corrected chi connectivity index (χ2v) is 9.21. The number of H-pyrrole nitrogens is 1. The summed E-state index contributed by atoms with van der Waals surface area (Å²) in [6.07, 6.45) is 4.40. The van der Waals surface area contributed by atoms with Crippen LogP contribution in [0.25, 0.3) is 0 Å². The molecule has 142 valence electrons. The summed E-state index contributed by atoms with van der Waals surface area (Å²) in [5, 5.41) is 13.2. The minimum Gasteiger partial charge on any atom is -0.349 e. The maximum Gasteiger partial charge on any atom is 0.273 e. The average molecular weight is 359 g/mol. The van der Waals surface area contributed by atoms with Gasteiger partial charge in [0.15, 0.2) is 5.69 Å². The summed E-state index contributed by atoms with van der Waals surface area (Å²) < 4.78 is 0. The smallest absolute Gasteiger partial charge is 0.273 e. The summed E-state index contributed by atoms with van der Waals surface area (Å²) in [5.41, 5.74) is 1.38. The summed E-state index contributed by atoms with van der Waals surface area (Å²) in [4.78, 5) is 27.6. The number of aromatic amines is 1. The molecule has 3 unspecified atom stereocenters. The lowest BCUT2D eigenvalue weighted by Gasteiger charge is -2.26. The van der Waals surface area contributed by atoms with Crippen molar-refractivity contribution < 1.29 is 9.59 Å². The third-order valence-corrected chi connectivity index (χ3v) is 7.19. The van der Waals surface area contributed by atoms with Gasteiger partial charge in [0.05, 0.1) is 5.69 Å². The molecule has 2 saturated carbocycles. The molecular formula is C19H29N5O2. The highest BCUT2D eigenvalue weighted by Crippen LogP contribution is 2.60. The molecule has 0 bridgehead atoms. The lowest BCUT2D eigenvalue weighted by atomic mass is 9.91. The predicted octanol–water partition coefficient (Wildman–Crippen LogP) is 1.91. The number of hydrogen-bond donors (Lipinski definition) is 2. The van der Waals surface area contributed by atoms with Gasteiger partial charge in [0.2, 0.25) is 5.91 Å². The van der Waals surface area contributed by atoms with Crippen molar-refractivity contribution in [2.24, 2.45) is 22.7 Å². The molecule has 2 heterocycles. The standard InChI is InChI=1S/C19H29N5O2/c1-11(2)18(4)8-14(18)17(26)24-10-19(5-6-19)7-13(24)9-20-16(25)15-12(3)21-23-22-15/h11,13-14H,5-10H2,1-4H3,(H,20,25)(H,21,22,23). The maximum atomic E-state index is 13.2. The van der Waals surface area contributed by atoms with Crippen molar-refractivity contribution in [1.82, 2.24) is 25.6 Å². The van der Waals surface area contributed by atoms with Crippen molar-refractivity contribution in [3.63, 3.8) is 0 Å². The van der Waals surface area contributed by atoms with Crippen LogP contribution < -0.4 is 5.32 Å². The first kappa shape index (κ1) is 17.5. The Morgan fingerprint density at radius 1 is 1.31 bits per heavy atom. The Morgan fingerprint density at radius 2 is 2.04 bits per heavy atom. The first-order valence-electron chi connectivity index (χ1n) is 9.72. The molecule has 0 aromatic carbocycles. The van der Waals surface area contributed by atoms with Crippen LogP contribution in [0.15, 0.2) is 0 Å². The van der Waals surface area contributed by atoms with E-state index in [1.165, 1.54) is 12.8 Å². The van der Waals surface area contributed by atoms with Crippen LogP contribution in [0.5, 0.6) is 0 Å². The van der Waals surface area contributed by atoms with Gasteiger partial charge in [-0.25, -0.2) is 0 Å². The number of aryl methyl sites for hydroxylation is 1. The van der Waals surface area contributed by atoms with Gasteiger partial charge in [0.25, 0.3) is 5.91 Å². The molecule has 4 rings (SSSR count). The normalized spacial score (nSPS) is 31.5. The summed E-state index contributed by atoms with van der Waals surface area (Å²) >= 11 is 0. The highest BCUT2D eigenvalue weighted by atomic mass is 16.2. The Labute approximate surface area is 154 Å². The number of likely N-dealkylation sites (tertiary alicyclic amines) is 1. The van der Waals surface area contributed by atoms with Gasteiger partial charge >= 0.3 is 0 Å². The predicted molar refractivity (Wildman–Crippen MR) is 96.3 cm³/mol. The zero-order valence-electron chi connectivity index (χ0n) is 16.1. The van der Waals surface area contributed by atoms with E-state index in [9.17, 15) is 9.59 Å². The second-order valence-electron chi connectivity index (χ2n) is 9.21. The number of hydrogen-bond acceptors (Lipinski definition) is 4. The highest BCUT2D eigenvalue weighted by Gasteiger charge is 2.60. The molecule has 1 spiro atoms. The summed E-state index contributed by atoms with van der Waals surface area (Å²) in [6, 6.07) is 0.0955. The molecule has 2 N–H and O–H groups in total. The Balaban J connectivity index is 1.42. The average Bonchev–Trinajstić information content (AvgIpc) is 3.40. The fraction of sp³-hybridized carbons (Fsp3) is 0.789. The van der Waals surface area contributed by atoms with E-state index in [0.29, 0.717) is 35.2 Å². The Kier molecular flexibility index (Phi) is 3.90. The largest absolute Gasteiger partial charge is 0.349 e. The minimum absolute atomic E-state index is 0.0955. The monoisotopic (exact) mass is 359 g/mol. The Hall–Kier alpha value is -1.92. The van der Waals surface area contributed by atoms with Crippen molar-refractivity contribution in [1.29, 1.82) is 0 Å². The SMILES string of the molecule is Cc1n[nH]nc1C(=O)NCC1CC2(CC2)CN1C(=O)C1CC1(C)C(C)C. The number of nitrogens with zero attached hydrogens (tertiary/aromatic N) is 3. The minimum atomic E-state index is -0.223. The van der Waals surface area contributed by atoms with Crippen molar-refractivity contribution >= 4 is 11.8 Å². The third kappa shape index (κ3) is 2.81. The van der Waals surface area contributed by atoms with Crippen molar-refractivity contribution in [2.75, 3.05) is 13.1 Å². The molecule has 26 heavy (non-hydrogen) atoms. The van der Waals surface area contributed by atoms with E-state index in [0.717, 1.165) is 19.4 Å². The van der Waals surface area contributed by atoms with E-state index >= 15 is 0 Å². The fourth-order valence-electron chi connectivity index (χ4n) is 4.53. The molecule has 3 fully saturated rings. The number of carbonyl (C=O) groups is 2. The zero-order chi connectivity index (χ0) is 18.7. The molecule has 2 aliphatic carbocycles. The number of amides is 2. The van der Waals surface area contributed by atoms with Crippen LogP contribution in [-0.4, -0.2) is 51.3 Å². The number of rotatable bonds is 5. The molecule has 1 aromatic rings. The first-order valence-corrected chi connectivity index (χ1v) is 9.72. The van der Waals surface area contributed by atoms with Gasteiger partial charge in [-0.2, -0.15) is 15.4 Å². The number of nitrogens with one attached hydrogen (secondary N) is 2. The first-order chi connectivity index (χ1) is 12.3. The Morgan fingerprint density at radius 3 is 2.58 bits per heavy atom. The fourth-order valence-corrected chi connectivity index (χ4v) is 4.53. The van der Waals surface area contributed by atoms with Gasteiger partial charge in [-0.05, 0) is 49.4 Å². The Bertz CT molecular complexity index is 738. The summed E-state index contributed by atoms with van der Waals surface area (Å²) in [7, 11) is 0. The van der Waals surface area contributed by atoms with Crippen LogP contribution in [0, 0.1) is 29.6 Å². The second kappa shape index (κ2) is 5.79. The topological polar surface area (TPSA) is 91.0 Å². The lowest BCUT2D eigenvalue weighted by Crippen LogP contribution is -2.44. The van der Waals surface area contributed by atoms with E-state index in [2.05, 4.69) is 46.4 Å². The van der Waals surface area contributed by atoms with Gasteiger partial charge in [-0.3, -0.25) is 9.59 Å². The molecule has 0 radical (unpaired) electrons. The third-order valence-electron chi connectivity index (χ3n) is 7.19. The van der Waals surface area contributed by atoms with E-state index in [1.807, 2.05) is 0 Å². The van der Waals surface area contributed by atoms with Crippen LogP contribution in [0.2, 0.25) is 0 Å². The maximum absolute atomic E-state index is 13.2. The molecule has 3 aliphatic rings. The van der Waals surface area contributed by atoms with E-state index in [4.69, 9.17) is 0 Å². The summed E-state index contributed by atoms with van der Waals surface area (Å²) in [6.45, 7) is 9.75. The van der Waals surface area contributed by atoms with Gasteiger partial charge in [0.1, 0.15) is 0 Å². The van der Waals surface area contributed by atoms with Crippen LogP contribution >= 0.6 is 0 Å². The van der Waals surface area contributed by atoms with Crippen LogP contribution in [0.3, 0.4) is 0 Å². The van der Waals surface area contributed by atoms with E-state index in [1.54, 1.807) is 6.92 Å². The van der Waals surface area contributed by atoms with Crippen molar-refractivity contribution in [2.45, 2.75) is 59.4 Å². The van der Waals surface area contributed by atoms with Crippen molar-refractivity contribution in [3.8, 4) is 0 Å². The van der Waals surface area contributed by atoms with E-state index in [-0.39, 0.29) is 23.3 Å². The van der Waals surface area contributed by atoms with Gasteiger partial charge < -0.3 is 10.2 Å². The molecule has 7 heteroatoms. The molecule has 7 nitrogen and oxygen atoms in total. The highest BCUT2D eigenvalue weighted by molar-refractivity contribution is 5.93. The van der Waals surface area contributed by atoms with Crippen molar-refractivity contribution in [3.05, 3.63) is 11.4 Å². The van der Waals surface area contributed by atoms with Gasteiger partial charge in [0, 0.05) is 25.0 Å². The molecule has 1 aromatic heterocycles. The molecule has 3 atom stereocenters. The van der Waals surface area contributed by atoms with Gasteiger partial charge in [-0.15, -0.1) is 0 Å².